The Bertz CT molecular complexity index is 1130. The molecule has 0 radical (unpaired) electrons. The van der Waals surface area contributed by atoms with Gasteiger partial charge in [0.15, 0.2) is 0 Å². The first-order valence-electron chi connectivity index (χ1n) is 12.7. The normalized spacial score (nSPS) is 12.8. The molecule has 37 heavy (non-hydrogen) atoms. The Kier molecular flexibility index (Phi) is 10.8. The maximum Gasteiger partial charge on any atom is 0.416 e. The maximum atomic E-state index is 12.9. The van der Waals surface area contributed by atoms with Crippen LogP contribution in [0.4, 0.5) is 13.2 Å². The molecule has 0 saturated heterocycles. The minimum absolute atomic E-state index is 0.107. The standard InChI is InChI=1S/C28H33F3O3S.C2H6/c1-17(2)22-15-26(19-6-9-21(10-7-19)28(29,30)31)35-25(22)13-11-23(33)20-8-12-24(18(3)14-20)34-27(4,5)16-32;1-2/h6-10,12,14-15,17,23,32-33H,11,13,16H2,1-5H3;1-2H3. The predicted molar refractivity (Wildman–Crippen MR) is 146 cm³/mol. The third-order valence-electron chi connectivity index (χ3n) is 5.96. The van der Waals surface area contributed by atoms with E-state index >= 15 is 0 Å². The number of halogens is 3. The van der Waals surface area contributed by atoms with E-state index in [4.69, 9.17) is 4.74 Å². The molecule has 0 spiro atoms. The Morgan fingerprint density at radius 3 is 2.11 bits per heavy atom. The molecule has 7 heteroatoms. The van der Waals surface area contributed by atoms with Crippen molar-refractivity contribution >= 4 is 11.3 Å². The van der Waals surface area contributed by atoms with E-state index in [0.717, 1.165) is 44.1 Å². The lowest BCUT2D eigenvalue weighted by molar-refractivity contribution is -0.137. The lowest BCUT2D eigenvalue weighted by atomic mass is 9.97. The molecule has 3 rings (SSSR count). The smallest absolute Gasteiger partial charge is 0.416 e. The van der Waals surface area contributed by atoms with E-state index in [9.17, 15) is 23.4 Å². The summed E-state index contributed by atoms with van der Waals surface area (Å²) in [6.07, 6.45) is -3.83. The molecule has 0 bridgehead atoms. The second-order valence-corrected chi connectivity index (χ2v) is 11.0. The topological polar surface area (TPSA) is 49.7 Å². The highest BCUT2D eigenvalue weighted by Gasteiger charge is 2.30. The van der Waals surface area contributed by atoms with Crippen LogP contribution in [0.25, 0.3) is 10.4 Å². The van der Waals surface area contributed by atoms with Gasteiger partial charge in [-0.25, -0.2) is 0 Å². The molecule has 1 unspecified atom stereocenters. The summed E-state index contributed by atoms with van der Waals surface area (Å²) >= 11 is 1.57. The van der Waals surface area contributed by atoms with Crippen molar-refractivity contribution in [3.05, 3.63) is 75.7 Å². The Labute approximate surface area is 222 Å². The first-order chi connectivity index (χ1) is 17.3. The number of ether oxygens (including phenoxy) is 1. The predicted octanol–water partition coefficient (Wildman–Crippen LogP) is 8.71. The van der Waals surface area contributed by atoms with Gasteiger partial charge < -0.3 is 14.9 Å². The molecule has 1 aromatic heterocycles. The summed E-state index contributed by atoms with van der Waals surface area (Å²) in [4.78, 5) is 2.06. The zero-order valence-corrected chi connectivity index (χ0v) is 23.6. The van der Waals surface area contributed by atoms with Crippen LogP contribution in [0.15, 0.2) is 48.5 Å². The van der Waals surface area contributed by atoms with Crippen LogP contribution in [0.5, 0.6) is 5.75 Å². The zero-order chi connectivity index (χ0) is 28.0. The van der Waals surface area contributed by atoms with Gasteiger partial charge in [0.2, 0.25) is 0 Å². The van der Waals surface area contributed by atoms with E-state index in [1.807, 2.05) is 52.8 Å². The van der Waals surface area contributed by atoms with Gasteiger partial charge >= 0.3 is 6.18 Å². The number of alkyl halides is 3. The zero-order valence-electron chi connectivity index (χ0n) is 22.7. The van der Waals surface area contributed by atoms with Gasteiger partial charge in [0.25, 0.3) is 0 Å². The Hall–Kier alpha value is -2.35. The largest absolute Gasteiger partial charge is 0.485 e. The highest BCUT2D eigenvalue weighted by atomic mass is 32.1. The molecule has 3 aromatic rings. The van der Waals surface area contributed by atoms with Gasteiger partial charge in [-0.3, -0.25) is 0 Å². The highest BCUT2D eigenvalue weighted by molar-refractivity contribution is 7.15. The third-order valence-corrected chi connectivity index (χ3v) is 7.22. The highest BCUT2D eigenvalue weighted by Crippen LogP contribution is 2.38. The average molecular weight is 537 g/mol. The van der Waals surface area contributed by atoms with Gasteiger partial charge in [-0.2, -0.15) is 13.2 Å². The van der Waals surface area contributed by atoms with Gasteiger partial charge in [-0.05, 0) is 92.1 Å². The van der Waals surface area contributed by atoms with Gasteiger partial charge in [-0.15, -0.1) is 11.3 Å². The minimum Gasteiger partial charge on any atom is -0.485 e. The summed E-state index contributed by atoms with van der Waals surface area (Å²) in [7, 11) is 0. The van der Waals surface area contributed by atoms with E-state index in [1.54, 1.807) is 11.3 Å². The SMILES string of the molecule is CC.Cc1cc(C(O)CCc2sc(-c3ccc(C(F)(F)F)cc3)cc2C(C)C)ccc1OC(C)(C)CO. The number of aliphatic hydroxyl groups is 2. The molecule has 0 aliphatic rings. The van der Waals surface area contributed by atoms with Crippen molar-refractivity contribution in [1.29, 1.82) is 0 Å². The van der Waals surface area contributed by atoms with Gasteiger partial charge in [0, 0.05) is 9.75 Å². The molecule has 0 saturated carbocycles. The van der Waals surface area contributed by atoms with Crippen LogP contribution in [0.3, 0.4) is 0 Å². The van der Waals surface area contributed by atoms with E-state index in [2.05, 4.69) is 19.9 Å². The Morgan fingerprint density at radius 2 is 1.59 bits per heavy atom. The molecule has 2 aromatic carbocycles. The molecule has 204 valence electrons. The van der Waals surface area contributed by atoms with E-state index in [-0.39, 0.29) is 12.5 Å². The van der Waals surface area contributed by atoms with Crippen molar-refractivity contribution in [3.8, 4) is 16.2 Å². The summed E-state index contributed by atoms with van der Waals surface area (Å²) in [6, 6.07) is 12.9. The maximum absolute atomic E-state index is 12.9. The number of aliphatic hydroxyl groups excluding tert-OH is 2. The van der Waals surface area contributed by atoms with Crippen LogP contribution < -0.4 is 4.74 Å². The summed E-state index contributed by atoms with van der Waals surface area (Å²) in [5.41, 5.74) is 2.24. The monoisotopic (exact) mass is 536 g/mol. The second-order valence-electron chi connectivity index (χ2n) is 9.82. The first kappa shape index (κ1) is 30.9. The molecule has 3 nitrogen and oxygen atoms in total. The fourth-order valence-corrected chi connectivity index (χ4v) is 5.19. The molecule has 0 fully saturated rings. The van der Waals surface area contributed by atoms with Crippen molar-refractivity contribution in [1.82, 2.24) is 0 Å². The van der Waals surface area contributed by atoms with Crippen molar-refractivity contribution in [2.75, 3.05) is 6.61 Å². The van der Waals surface area contributed by atoms with Crippen LogP contribution in [0.2, 0.25) is 0 Å². The molecule has 1 heterocycles. The van der Waals surface area contributed by atoms with E-state index in [1.165, 1.54) is 12.1 Å². The van der Waals surface area contributed by atoms with Crippen LogP contribution in [-0.4, -0.2) is 22.4 Å². The van der Waals surface area contributed by atoms with Crippen molar-refractivity contribution < 1.29 is 28.1 Å². The summed E-state index contributed by atoms with van der Waals surface area (Å²) in [5.74, 6) is 0.927. The number of benzene rings is 2. The molecule has 2 N–H and O–H groups in total. The Balaban J connectivity index is 0.00000235. The number of hydrogen-bond donors (Lipinski definition) is 2. The molecular formula is C30H39F3O3S. The van der Waals surface area contributed by atoms with Crippen molar-refractivity contribution in [3.63, 3.8) is 0 Å². The van der Waals surface area contributed by atoms with Crippen LogP contribution in [0.1, 0.15) is 87.1 Å². The van der Waals surface area contributed by atoms with Gasteiger partial charge in [0.05, 0.1) is 18.3 Å². The number of aryl methyl sites for hydroxylation is 2. The lowest BCUT2D eigenvalue weighted by Gasteiger charge is -2.25. The Morgan fingerprint density at radius 1 is 0.973 bits per heavy atom. The first-order valence-corrected chi connectivity index (χ1v) is 13.5. The minimum atomic E-state index is -4.35. The number of hydrogen-bond acceptors (Lipinski definition) is 4. The lowest BCUT2D eigenvalue weighted by Crippen LogP contribution is -2.32. The van der Waals surface area contributed by atoms with Gasteiger partial charge in [0.1, 0.15) is 11.4 Å². The summed E-state index contributed by atoms with van der Waals surface area (Å²) < 4.78 is 44.6. The van der Waals surface area contributed by atoms with Crippen LogP contribution in [0, 0.1) is 6.92 Å². The number of rotatable bonds is 9. The van der Waals surface area contributed by atoms with Crippen molar-refractivity contribution in [2.24, 2.45) is 0 Å². The quantitative estimate of drug-likeness (QED) is 0.288. The fourth-order valence-electron chi connectivity index (χ4n) is 3.85. The van der Waals surface area contributed by atoms with Crippen LogP contribution in [-0.2, 0) is 12.6 Å². The molecule has 1 atom stereocenters. The average Bonchev–Trinajstić information content (AvgIpc) is 3.29. The van der Waals surface area contributed by atoms with Gasteiger partial charge in [-0.1, -0.05) is 45.9 Å². The molecular weight excluding hydrogens is 497 g/mol. The van der Waals surface area contributed by atoms with Crippen molar-refractivity contribution in [2.45, 2.75) is 85.1 Å². The summed E-state index contributed by atoms with van der Waals surface area (Å²) in [6.45, 7) is 13.6. The molecule has 0 aliphatic carbocycles. The molecule has 0 aliphatic heterocycles. The van der Waals surface area contributed by atoms with E-state index in [0.29, 0.717) is 18.6 Å². The third kappa shape index (κ3) is 8.32. The second kappa shape index (κ2) is 12.9. The fraction of sp³-hybridized carbons (Fsp3) is 0.467. The van der Waals surface area contributed by atoms with Crippen LogP contribution >= 0.6 is 11.3 Å². The van der Waals surface area contributed by atoms with E-state index < -0.39 is 23.4 Å². The number of thiophene rings is 1. The summed E-state index contributed by atoms with van der Waals surface area (Å²) in [5, 5.41) is 20.3. The molecule has 0 amide bonds.